The van der Waals surface area contributed by atoms with Crippen LogP contribution in [-0.4, -0.2) is 50.3 Å². The van der Waals surface area contributed by atoms with Crippen LogP contribution < -0.4 is 26.2 Å². The summed E-state index contributed by atoms with van der Waals surface area (Å²) in [6, 6.07) is 24.7. The van der Waals surface area contributed by atoms with Gasteiger partial charge in [0.1, 0.15) is 0 Å². The van der Waals surface area contributed by atoms with Gasteiger partial charge in [-0.1, -0.05) is 99.5 Å². The van der Waals surface area contributed by atoms with Crippen molar-refractivity contribution in [3.63, 3.8) is 0 Å². The van der Waals surface area contributed by atoms with Gasteiger partial charge in [0.25, 0.3) is 22.7 Å². The van der Waals surface area contributed by atoms with E-state index in [-0.39, 0.29) is 27.7 Å². The highest BCUT2D eigenvalue weighted by molar-refractivity contribution is 5.92. The molecule has 0 aliphatic heterocycles. The molecule has 2 aliphatic rings. The molecule has 1 unspecified atom stereocenters. The highest BCUT2D eigenvalue weighted by atomic mass is 16.5. The van der Waals surface area contributed by atoms with Crippen molar-refractivity contribution in [3.05, 3.63) is 128 Å². The number of carbonyl (C=O) groups excluding carboxylic acids is 2. The van der Waals surface area contributed by atoms with Crippen LogP contribution in [0.4, 0.5) is 0 Å². The lowest BCUT2D eigenvalue weighted by molar-refractivity contribution is 0.0903. The summed E-state index contributed by atoms with van der Waals surface area (Å²) in [6.07, 6.45) is 9.30. The van der Waals surface area contributed by atoms with E-state index in [0.717, 1.165) is 66.8 Å². The third kappa shape index (κ3) is 7.24. The molecule has 54 heavy (non-hydrogen) atoms. The second-order valence-electron chi connectivity index (χ2n) is 15.7. The van der Waals surface area contributed by atoms with Crippen LogP contribution in [0.5, 0.6) is 11.5 Å². The maximum absolute atomic E-state index is 13.4. The van der Waals surface area contributed by atoms with Gasteiger partial charge in [0.05, 0.1) is 25.5 Å². The maximum atomic E-state index is 13.4. The number of nitrogens with one attached hydrogen (secondary N) is 2. The topological polar surface area (TPSA) is 157 Å². The van der Waals surface area contributed by atoms with E-state index in [2.05, 4.69) is 77.1 Å². The fraction of sp³-hybridized carbons (Fsp3) is 0.381. The van der Waals surface area contributed by atoms with Crippen LogP contribution in [0, 0.1) is 5.41 Å². The van der Waals surface area contributed by atoms with E-state index in [4.69, 9.17) is 4.74 Å². The summed E-state index contributed by atoms with van der Waals surface area (Å²) in [5, 5.41) is 26.7. The number of carbonyl (C=O) groups is 2. The number of amides is 2. The zero-order valence-electron chi connectivity index (χ0n) is 30.9. The van der Waals surface area contributed by atoms with Gasteiger partial charge in [-0.2, -0.15) is 10.2 Å². The van der Waals surface area contributed by atoms with Crippen LogP contribution in [-0.2, 0) is 23.9 Å². The predicted molar refractivity (Wildman–Crippen MR) is 205 cm³/mol. The van der Waals surface area contributed by atoms with Crippen molar-refractivity contribution in [1.82, 2.24) is 30.2 Å². The van der Waals surface area contributed by atoms with Crippen LogP contribution in [0.3, 0.4) is 0 Å². The second-order valence-corrected chi connectivity index (χ2v) is 15.7. The van der Waals surface area contributed by atoms with Crippen molar-refractivity contribution >= 4 is 22.6 Å². The normalized spacial score (nSPS) is 18.7. The highest BCUT2D eigenvalue weighted by Gasteiger charge is 2.45. The first-order chi connectivity index (χ1) is 25.9. The van der Waals surface area contributed by atoms with Gasteiger partial charge in [-0.3, -0.25) is 28.5 Å². The van der Waals surface area contributed by atoms with Crippen molar-refractivity contribution in [3.8, 4) is 11.5 Å². The number of aromatic hydroxyl groups is 1. The molecule has 1 atom stereocenters. The van der Waals surface area contributed by atoms with E-state index >= 15 is 0 Å². The zero-order valence-corrected chi connectivity index (χ0v) is 30.9. The van der Waals surface area contributed by atoms with Gasteiger partial charge < -0.3 is 20.5 Å². The average molecular weight is 731 g/mol. The van der Waals surface area contributed by atoms with Crippen molar-refractivity contribution in [2.75, 3.05) is 13.8 Å². The lowest BCUT2D eigenvalue weighted by atomic mass is 9.76. The summed E-state index contributed by atoms with van der Waals surface area (Å²) >= 11 is 0. The molecule has 12 nitrogen and oxygen atoms in total. The molecule has 12 heteroatoms. The molecule has 0 saturated heterocycles. The van der Waals surface area contributed by atoms with E-state index in [1.54, 1.807) is 4.68 Å². The minimum atomic E-state index is -0.923. The third-order valence-corrected chi connectivity index (χ3v) is 11.3. The Morgan fingerprint density at radius 1 is 0.759 bits per heavy atom. The fourth-order valence-electron chi connectivity index (χ4n) is 8.64. The summed E-state index contributed by atoms with van der Waals surface area (Å²) in [6.45, 7) is 4.68. The lowest BCUT2D eigenvalue weighted by Crippen LogP contribution is -2.37. The minimum absolute atomic E-state index is 0.0752. The third-order valence-electron chi connectivity index (χ3n) is 11.3. The number of ether oxygens (including phenoxy) is 1. The van der Waals surface area contributed by atoms with E-state index in [0.29, 0.717) is 13.1 Å². The predicted octanol–water partition coefficient (Wildman–Crippen LogP) is 5.44. The van der Waals surface area contributed by atoms with Crippen LogP contribution in [0.1, 0.15) is 90.9 Å². The van der Waals surface area contributed by atoms with Crippen molar-refractivity contribution in [2.45, 2.75) is 82.7 Å². The minimum Gasteiger partial charge on any atom is -0.503 e. The molecule has 2 fully saturated rings. The molecule has 2 aliphatic carbocycles. The number of rotatable bonds is 11. The molecular formula is C42H46N6O6. The number of benzene rings is 3. The smallest absolute Gasteiger partial charge is 0.278 e. The summed E-state index contributed by atoms with van der Waals surface area (Å²) in [7, 11) is 1.42. The Bertz CT molecular complexity index is 2330. The van der Waals surface area contributed by atoms with Crippen LogP contribution in [0.25, 0.3) is 10.8 Å². The molecule has 2 saturated carbocycles. The fourth-order valence-corrected chi connectivity index (χ4v) is 8.64. The Morgan fingerprint density at radius 2 is 1.41 bits per heavy atom. The number of fused-ring (bicyclic) bond motifs is 1. The van der Waals surface area contributed by atoms with Gasteiger partial charge in [-0.25, -0.2) is 0 Å². The molecule has 0 bridgehead atoms. The molecule has 7 rings (SSSR count). The van der Waals surface area contributed by atoms with Crippen molar-refractivity contribution in [1.29, 1.82) is 0 Å². The SMILES string of the molecule is CNC(=O)c1nn(CC2(c3ccc4ccccc4c3)CCCC2)cc(OCNC(=O)c2nn(CC3(c4ccccc4)CCC(C)(C)C3)cc(O)c2=O)c1=O. The number of nitrogens with zero attached hydrogens (tertiary/aromatic N) is 4. The van der Waals surface area contributed by atoms with Gasteiger partial charge in [0.15, 0.2) is 29.6 Å². The molecule has 2 heterocycles. The van der Waals surface area contributed by atoms with Crippen molar-refractivity contribution < 1.29 is 19.4 Å². The van der Waals surface area contributed by atoms with Gasteiger partial charge in [-0.15, -0.1) is 0 Å². The first kappa shape index (κ1) is 36.6. The number of hydrogen-bond donors (Lipinski definition) is 3. The average Bonchev–Trinajstić information content (AvgIpc) is 3.78. The summed E-state index contributed by atoms with van der Waals surface area (Å²) in [4.78, 5) is 52.7. The molecule has 3 N–H and O–H groups in total. The van der Waals surface area contributed by atoms with Gasteiger partial charge >= 0.3 is 0 Å². The van der Waals surface area contributed by atoms with Gasteiger partial charge in [0.2, 0.25) is 0 Å². The van der Waals surface area contributed by atoms with Crippen LogP contribution in [0.2, 0.25) is 0 Å². The molecule has 0 radical (unpaired) electrons. The van der Waals surface area contributed by atoms with Gasteiger partial charge in [0, 0.05) is 17.9 Å². The lowest BCUT2D eigenvalue weighted by Gasteiger charge is -2.32. The maximum Gasteiger partial charge on any atom is 0.278 e. The molecule has 2 aromatic heterocycles. The molecule has 2 amide bonds. The second kappa shape index (κ2) is 14.6. The first-order valence-electron chi connectivity index (χ1n) is 18.5. The highest BCUT2D eigenvalue weighted by Crippen LogP contribution is 2.51. The van der Waals surface area contributed by atoms with Crippen LogP contribution >= 0.6 is 0 Å². The summed E-state index contributed by atoms with van der Waals surface area (Å²) in [5.74, 6) is -2.34. The Kier molecular flexibility index (Phi) is 9.86. The Morgan fingerprint density at radius 3 is 2.09 bits per heavy atom. The number of hydrogen-bond acceptors (Lipinski definition) is 8. The van der Waals surface area contributed by atoms with E-state index in [1.165, 1.54) is 24.1 Å². The summed E-state index contributed by atoms with van der Waals surface area (Å²) in [5.41, 5.74) is -0.745. The molecular weight excluding hydrogens is 684 g/mol. The van der Waals surface area contributed by atoms with Crippen LogP contribution in [0.15, 0.2) is 94.8 Å². The Labute approximate surface area is 313 Å². The van der Waals surface area contributed by atoms with E-state index < -0.39 is 40.8 Å². The quantitative estimate of drug-likeness (QED) is 0.152. The Hall–Kier alpha value is -5.78. The molecule has 280 valence electrons. The number of aromatic nitrogens is 4. The summed E-state index contributed by atoms with van der Waals surface area (Å²) < 4.78 is 8.83. The van der Waals surface area contributed by atoms with Gasteiger partial charge in [-0.05, 0) is 59.4 Å². The standard InChI is InChI=1S/C42H46N6O6/c1-40(2)19-20-42(24-40,30-13-5-4-6-14-30)26-47-22-32(49)36(50)34(45-47)39(53)44-27-54-33-23-48(46-35(37(33)51)38(52)43-3)25-41(17-9-10-18-41)31-16-15-28-11-7-8-12-29(28)21-31/h4-8,11-16,21-23,49H,9-10,17-20,24-27H2,1-3H3,(H,43,52)(H,44,53). The van der Waals surface area contributed by atoms with Crippen molar-refractivity contribution in [2.24, 2.45) is 5.41 Å². The Balaban J connectivity index is 1.12. The molecule has 5 aromatic rings. The largest absolute Gasteiger partial charge is 0.503 e. The molecule has 3 aromatic carbocycles. The first-order valence-corrected chi connectivity index (χ1v) is 18.5. The zero-order chi connectivity index (χ0) is 38.1. The molecule has 0 spiro atoms. The van der Waals surface area contributed by atoms with E-state index in [1.807, 2.05) is 30.3 Å². The van der Waals surface area contributed by atoms with E-state index in [9.17, 15) is 24.3 Å². The monoisotopic (exact) mass is 730 g/mol.